The Hall–Kier alpha value is -1.35. The van der Waals surface area contributed by atoms with Gasteiger partial charge in [0.15, 0.2) is 0 Å². The Morgan fingerprint density at radius 3 is 2.95 bits per heavy atom. The van der Waals surface area contributed by atoms with Crippen LogP contribution in [0.5, 0.6) is 5.75 Å². The molecule has 2 unspecified atom stereocenters. The van der Waals surface area contributed by atoms with Gasteiger partial charge in [-0.25, -0.2) is 0 Å². The first-order chi connectivity index (χ1) is 9.75. The normalized spacial score (nSPS) is 23.9. The monoisotopic (exact) mass is 272 g/mol. The molecule has 2 atom stereocenters. The van der Waals surface area contributed by atoms with Gasteiger partial charge >= 0.3 is 0 Å². The van der Waals surface area contributed by atoms with E-state index >= 15 is 0 Å². The van der Waals surface area contributed by atoms with Crippen LogP contribution in [0.15, 0.2) is 17.1 Å². The fourth-order valence-electron chi connectivity index (χ4n) is 3.41. The van der Waals surface area contributed by atoms with Crippen LogP contribution >= 0.6 is 0 Å². The summed E-state index contributed by atoms with van der Waals surface area (Å²) < 4.78 is 0. The lowest BCUT2D eigenvalue weighted by atomic mass is 9.88. The second kappa shape index (κ2) is 5.96. The Morgan fingerprint density at radius 1 is 1.30 bits per heavy atom. The van der Waals surface area contributed by atoms with Crippen molar-refractivity contribution in [1.29, 1.82) is 0 Å². The number of aryl methyl sites for hydroxylation is 1. The van der Waals surface area contributed by atoms with Crippen LogP contribution in [-0.2, 0) is 12.8 Å². The zero-order chi connectivity index (χ0) is 13.9. The van der Waals surface area contributed by atoms with Crippen molar-refractivity contribution >= 4 is 6.21 Å². The quantitative estimate of drug-likeness (QED) is 0.831. The topological polar surface area (TPSA) is 44.6 Å². The Labute approximate surface area is 121 Å². The van der Waals surface area contributed by atoms with E-state index in [9.17, 15) is 5.11 Å². The number of nitrogens with zero attached hydrogens (tertiary/aromatic N) is 1. The summed E-state index contributed by atoms with van der Waals surface area (Å²) >= 11 is 0. The van der Waals surface area contributed by atoms with Gasteiger partial charge in [-0.3, -0.25) is 4.99 Å². The van der Waals surface area contributed by atoms with Crippen LogP contribution in [0.1, 0.15) is 49.3 Å². The lowest BCUT2D eigenvalue weighted by Gasteiger charge is -2.19. The lowest BCUT2D eigenvalue weighted by Crippen LogP contribution is -2.31. The van der Waals surface area contributed by atoms with Crippen LogP contribution in [0, 0.1) is 0 Å². The molecule has 3 heteroatoms. The second-order valence-corrected chi connectivity index (χ2v) is 6.06. The van der Waals surface area contributed by atoms with E-state index in [2.05, 4.69) is 18.3 Å². The molecular weight excluding hydrogens is 248 g/mol. The average Bonchev–Trinajstić information content (AvgIpc) is 3.00. The minimum Gasteiger partial charge on any atom is -0.507 e. The summed E-state index contributed by atoms with van der Waals surface area (Å²) in [5, 5.41) is 13.6. The van der Waals surface area contributed by atoms with Crippen molar-refractivity contribution in [1.82, 2.24) is 5.32 Å². The SMILES string of the molecule is CC(N=Cc1c(O)ccc2c1CCCC2)C1CCCN1. The largest absolute Gasteiger partial charge is 0.507 e. The number of hydrogen-bond donors (Lipinski definition) is 2. The fourth-order valence-corrected chi connectivity index (χ4v) is 3.41. The van der Waals surface area contributed by atoms with Crippen LogP contribution in [-0.4, -0.2) is 29.9 Å². The molecule has 2 N–H and O–H groups in total. The van der Waals surface area contributed by atoms with Gasteiger partial charge in [-0.2, -0.15) is 0 Å². The van der Waals surface area contributed by atoms with Crippen LogP contribution in [0.4, 0.5) is 0 Å². The number of fused-ring (bicyclic) bond motifs is 1. The average molecular weight is 272 g/mol. The van der Waals surface area contributed by atoms with Crippen LogP contribution in [0.2, 0.25) is 0 Å². The number of rotatable bonds is 3. The van der Waals surface area contributed by atoms with E-state index in [1.54, 1.807) is 0 Å². The van der Waals surface area contributed by atoms with Gasteiger partial charge in [0.05, 0.1) is 6.04 Å². The van der Waals surface area contributed by atoms with Gasteiger partial charge in [-0.1, -0.05) is 6.07 Å². The molecule has 1 aromatic carbocycles. The fraction of sp³-hybridized carbons (Fsp3) is 0.588. The maximum atomic E-state index is 10.1. The highest BCUT2D eigenvalue weighted by Crippen LogP contribution is 2.29. The van der Waals surface area contributed by atoms with Crippen molar-refractivity contribution < 1.29 is 5.11 Å². The number of phenolic OH excluding ortho intramolecular Hbond substituents is 1. The number of nitrogens with one attached hydrogen (secondary N) is 1. The Morgan fingerprint density at radius 2 is 2.15 bits per heavy atom. The third kappa shape index (κ3) is 2.73. The van der Waals surface area contributed by atoms with Crippen LogP contribution in [0.3, 0.4) is 0 Å². The van der Waals surface area contributed by atoms with E-state index in [0.717, 1.165) is 24.9 Å². The first-order valence-electron chi connectivity index (χ1n) is 7.86. The first-order valence-corrected chi connectivity index (χ1v) is 7.86. The molecule has 3 rings (SSSR count). The van der Waals surface area contributed by atoms with E-state index in [4.69, 9.17) is 4.99 Å². The maximum absolute atomic E-state index is 10.1. The van der Waals surface area contributed by atoms with Crippen molar-refractivity contribution in [2.45, 2.75) is 57.5 Å². The molecule has 1 heterocycles. The van der Waals surface area contributed by atoms with Crippen molar-refractivity contribution in [2.75, 3.05) is 6.54 Å². The molecule has 0 saturated carbocycles. The molecule has 1 aromatic rings. The molecule has 0 radical (unpaired) electrons. The third-order valence-electron chi connectivity index (χ3n) is 4.67. The van der Waals surface area contributed by atoms with Gasteiger partial charge in [-0.15, -0.1) is 0 Å². The van der Waals surface area contributed by atoms with E-state index < -0.39 is 0 Å². The van der Waals surface area contributed by atoms with E-state index in [1.807, 2.05) is 12.3 Å². The molecule has 0 bridgehead atoms. The van der Waals surface area contributed by atoms with Crippen molar-refractivity contribution in [2.24, 2.45) is 4.99 Å². The lowest BCUT2D eigenvalue weighted by molar-refractivity contribution is 0.472. The molecule has 3 nitrogen and oxygen atoms in total. The summed E-state index contributed by atoms with van der Waals surface area (Å²) in [5.41, 5.74) is 3.65. The zero-order valence-electron chi connectivity index (χ0n) is 12.2. The van der Waals surface area contributed by atoms with Crippen molar-refractivity contribution in [3.8, 4) is 5.75 Å². The molecule has 1 fully saturated rings. The van der Waals surface area contributed by atoms with E-state index in [0.29, 0.717) is 11.8 Å². The number of benzene rings is 1. The summed E-state index contributed by atoms with van der Waals surface area (Å²) in [4.78, 5) is 4.70. The minimum absolute atomic E-state index is 0.274. The molecule has 1 aliphatic carbocycles. The predicted octanol–water partition coefficient (Wildman–Crippen LogP) is 2.83. The number of aliphatic imine (C=N–C) groups is 1. The summed E-state index contributed by atoms with van der Waals surface area (Å²) in [6, 6.07) is 4.66. The summed E-state index contributed by atoms with van der Waals surface area (Å²) in [7, 11) is 0. The molecule has 0 amide bonds. The van der Waals surface area contributed by atoms with Crippen molar-refractivity contribution in [3.05, 3.63) is 28.8 Å². The van der Waals surface area contributed by atoms with E-state index in [1.165, 1.54) is 36.8 Å². The standard InChI is InChI=1S/C17H24N2O/c1-12(16-7-4-10-18-16)19-11-15-14-6-3-2-5-13(14)8-9-17(15)20/h8-9,11-12,16,18,20H,2-7,10H2,1H3. The highest BCUT2D eigenvalue weighted by atomic mass is 16.3. The molecule has 1 aliphatic heterocycles. The summed E-state index contributed by atoms with van der Waals surface area (Å²) in [6.45, 7) is 3.27. The summed E-state index contributed by atoms with van der Waals surface area (Å²) in [6.07, 6.45) is 9.04. The molecule has 0 aromatic heterocycles. The second-order valence-electron chi connectivity index (χ2n) is 6.06. The molecule has 1 saturated heterocycles. The Bertz CT molecular complexity index is 504. The highest BCUT2D eigenvalue weighted by molar-refractivity contribution is 5.86. The summed E-state index contributed by atoms with van der Waals surface area (Å²) in [5.74, 6) is 0.376. The maximum Gasteiger partial charge on any atom is 0.124 e. The minimum atomic E-state index is 0.274. The van der Waals surface area contributed by atoms with E-state index in [-0.39, 0.29) is 6.04 Å². The van der Waals surface area contributed by atoms with Gasteiger partial charge in [0.25, 0.3) is 0 Å². The van der Waals surface area contributed by atoms with Gasteiger partial charge in [-0.05, 0) is 69.2 Å². The zero-order valence-corrected chi connectivity index (χ0v) is 12.2. The van der Waals surface area contributed by atoms with Crippen LogP contribution in [0.25, 0.3) is 0 Å². The van der Waals surface area contributed by atoms with Gasteiger partial charge in [0.2, 0.25) is 0 Å². The third-order valence-corrected chi connectivity index (χ3v) is 4.67. The molecule has 0 spiro atoms. The smallest absolute Gasteiger partial charge is 0.124 e. The van der Waals surface area contributed by atoms with Crippen LogP contribution < -0.4 is 5.32 Å². The molecular formula is C17H24N2O. The van der Waals surface area contributed by atoms with Gasteiger partial charge < -0.3 is 10.4 Å². The molecule has 108 valence electrons. The Balaban J connectivity index is 1.82. The molecule has 2 aliphatic rings. The molecule has 20 heavy (non-hydrogen) atoms. The Kier molecular flexibility index (Phi) is 4.06. The first kappa shape index (κ1) is 13.6. The number of aromatic hydroxyl groups is 1. The number of phenols is 1. The highest BCUT2D eigenvalue weighted by Gasteiger charge is 2.20. The van der Waals surface area contributed by atoms with Crippen molar-refractivity contribution in [3.63, 3.8) is 0 Å². The van der Waals surface area contributed by atoms with Gasteiger partial charge in [0.1, 0.15) is 5.75 Å². The number of hydrogen-bond acceptors (Lipinski definition) is 3. The van der Waals surface area contributed by atoms with Gasteiger partial charge in [0, 0.05) is 17.8 Å². The predicted molar refractivity (Wildman–Crippen MR) is 82.8 cm³/mol.